The fourth-order valence-corrected chi connectivity index (χ4v) is 3.32. The maximum atomic E-state index is 4.73. The summed E-state index contributed by atoms with van der Waals surface area (Å²) in [5.74, 6) is 0.768. The number of thiazole rings is 1. The molecule has 0 bridgehead atoms. The quantitative estimate of drug-likeness (QED) is 0.519. The number of pyridine rings is 1. The number of nitrogens with one attached hydrogen (secondary N) is 2. The van der Waals surface area contributed by atoms with Gasteiger partial charge >= 0.3 is 0 Å². The molecule has 3 rings (SSSR count). The van der Waals surface area contributed by atoms with Gasteiger partial charge in [-0.3, -0.25) is 9.98 Å². The first-order chi connectivity index (χ1) is 12.7. The molecule has 26 heavy (non-hydrogen) atoms. The van der Waals surface area contributed by atoms with Gasteiger partial charge in [0.1, 0.15) is 5.01 Å². The van der Waals surface area contributed by atoms with Gasteiger partial charge < -0.3 is 10.6 Å². The number of hydrogen-bond donors (Lipinski definition) is 2. The first kappa shape index (κ1) is 18.1. The van der Waals surface area contributed by atoms with Crippen molar-refractivity contribution in [1.29, 1.82) is 0 Å². The minimum absolute atomic E-state index is 0.648. The van der Waals surface area contributed by atoms with E-state index < -0.39 is 0 Å². The summed E-state index contributed by atoms with van der Waals surface area (Å²) >= 11 is 1.69. The van der Waals surface area contributed by atoms with Crippen LogP contribution >= 0.6 is 11.3 Å². The van der Waals surface area contributed by atoms with Gasteiger partial charge in [-0.25, -0.2) is 4.98 Å². The maximum Gasteiger partial charge on any atom is 0.191 e. The van der Waals surface area contributed by atoms with Gasteiger partial charge in [0.05, 0.1) is 17.9 Å². The minimum Gasteiger partial charge on any atom is -0.356 e. The van der Waals surface area contributed by atoms with Gasteiger partial charge in [-0.05, 0) is 19.1 Å². The van der Waals surface area contributed by atoms with Crippen LogP contribution in [-0.4, -0.2) is 29.5 Å². The highest BCUT2D eigenvalue weighted by atomic mass is 32.1. The number of guanidine groups is 1. The molecule has 0 aliphatic heterocycles. The number of aromatic nitrogens is 2. The lowest BCUT2D eigenvalue weighted by atomic mass is 10.2. The van der Waals surface area contributed by atoms with Crippen molar-refractivity contribution in [1.82, 2.24) is 20.6 Å². The Kier molecular flexibility index (Phi) is 6.33. The third kappa shape index (κ3) is 5.13. The number of aryl methyl sites for hydroxylation is 1. The zero-order chi connectivity index (χ0) is 18.2. The van der Waals surface area contributed by atoms with Crippen LogP contribution in [-0.2, 0) is 13.0 Å². The van der Waals surface area contributed by atoms with Gasteiger partial charge in [0, 0.05) is 37.2 Å². The first-order valence-corrected chi connectivity index (χ1v) is 9.48. The van der Waals surface area contributed by atoms with E-state index in [-0.39, 0.29) is 0 Å². The molecule has 1 aromatic carbocycles. The van der Waals surface area contributed by atoms with Gasteiger partial charge in [0.15, 0.2) is 5.96 Å². The molecule has 3 aromatic rings. The fourth-order valence-electron chi connectivity index (χ4n) is 2.46. The van der Waals surface area contributed by atoms with Crippen LogP contribution in [0.5, 0.6) is 0 Å². The van der Waals surface area contributed by atoms with E-state index in [1.54, 1.807) is 24.6 Å². The van der Waals surface area contributed by atoms with E-state index in [4.69, 9.17) is 4.98 Å². The Morgan fingerprint density at radius 2 is 1.92 bits per heavy atom. The van der Waals surface area contributed by atoms with E-state index in [1.807, 2.05) is 18.2 Å². The summed E-state index contributed by atoms with van der Waals surface area (Å²) in [5, 5.41) is 9.78. The molecular weight excluding hydrogens is 342 g/mol. The van der Waals surface area contributed by atoms with E-state index in [0.29, 0.717) is 6.54 Å². The molecule has 0 saturated carbocycles. The molecule has 5 nitrogen and oxygen atoms in total. The largest absolute Gasteiger partial charge is 0.356 e. The average Bonchev–Trinajstić information content (AvgIpc) is 3.15. The Morgan fingerprint density at radius 1 is 1.08 bits per heavy atom. The first-order valence-electron chi connectivity index (χ1n) is 8.60. The van der Waals surface area contributed by atoms with Crippen molar-refractivity contribution < 1.29 is 0 Å². The fraction of sp³-hybridized carbons (Fsp3) is 0.250. The second-order valence-electron chi connectivity index (χ2n) is 5.93. The summed E-state index contributed by atoms with van der Waals surface area (Å²) in [6.07, 6.45) is 2.65. The average molecular weight is 366 g/mol. The summed E-state index contributed by atoms with van der Waals surface area (Å²) in [6.45, 7) is 3.52. The van der Waals surface area contributed by atoms with E-state index in [0.717, 1.165) is 35.3 Å². The highest BCUT2D eigenvalue weighted by Gasteiger charge is 2.05. The number of rotatable bonds is 6. The Hall–Kier alpha value is -2.73. The number of hydrogen-bond acceptors (Lipinski definition) is 4. The van der Waals surface area contributed by atoms with Crippen molar-refractivity contribution in [2.24, 2.45) is 4.99 Å². The van der Waals surface area contributed by atoms with Crippen LogP contribution in [0, 0.1) is 6.92 Å². The molecule has 6 heteroatoms. The minimum atomic E-state index is 0.648. The van der Waals surface area contributed by atoms with Crippen molar-refractivity contribution in [3.63, 3.8) is 0 Å². The van der Waals surface area contributed by atoms with E-state index >= 15 is 0 Å². The Bertz CT molecular complexity index is 840. The second-order valence-corrected chi connectivity index (χ2v) is 6.79. The highest BCUT2D eigenvalue weighted by Crippen LogP contribution is 2.24. The molecular formula is C20H23N5S. The monoisotopic (exact) mass is 365 g/mol. The van der Waals surface area contributed by atoms with Crippen molar-refractivity contribution in [3.8, 4) is 10.6 Å². The molecule has 0 unspecified atom stereocenters. The maximum absolute atomic E-state index is 4.73. The van der Waals surface area contributed by atoms with Crippen LogP contribution < -0.4 is 10.6 Å². The van der Waals surface area contributed by atoms with Gasteiger partial charge in [0.2, 0.25) is 0 Å². The summed E-state index contributed by atoms with van der Waals surface area (Å²) in [5.41, 5.74) is 4.52. The van der Waals surface area contributed by atoms with Crippen molar-refractivity contribution >= 4 is 17.3 Å². The third-order valence-electron chi connectivity index (χ3n) is 3.91. The van der Waals surface area contributed by atoms with E-state index in [1.165, 1.54) is 11.1 Å². The van der Waals surface area contributed by atoms with Crippen LogP contribution in [0.2, 0.25) is 0 Å². The van der Waals surface area contributed by atoms with Crippen molar-refractivity contribution in [3.05, 3.63) is 71.0 Å². The lowest BCUT2D eigenvalue weighted by molar-refractivity contribution is 0.777. The molecule has 2 N–H and O–H groups in total. The molecule has 2 aromatic heterocycles. The molecule has 2 heterocycles. The summed E-state index contributed by atoms with van der Waals surface area (Å²) in [6, 6.07) is 14.4. The highest BCUT2D eigenvalue weighted by molar-refractivity contribution is 7.13. The molecule has 0 saturated heterocycles. The van der Waals surface area contributed by atoms with Crippen molar-refractivity contribution in [2.75, 3.05) is 13.6 Å². The molecule has 134 valence electrons. The van der Waals surface area contributed by atoms with Gasteiger partial charge in [-0.15, -0.1) is 11.3 Å². The zero-order valence-corrected chi connectivity index (χ0v) is 15.9. The standard InChI is InChI=1S/C20H23N5S/c1-15-6-8-16(9-7-15)19-25-18(14-26-19)10-12-23-20(21-2)24-13-17-5-3-4-11-22-17/h3-9,11,14H,10,12-13H2,1-2H3,(H2,21,23,24). The summed E-state index contributed by atoms with van der Waals surface area (Å²) in [4.78, 5) is 13.3. The van der Waals surface area contributed by atoms with Crippen LogP contribution in [0.15, 0.2) is 59.0 Å². The normalized spacial score (nSPS) is 11.4. The SMILES string of the molecule is CN=C(NCCc1csc(-c2ccc(C)cc2)n1)NCc1ccccn1. The topological polar surface area (TPSA) is 62.2 Å². The van der Waals surface area contributed by atoms with Crippen LogP contribution in [0.3, 0.4) is 0 Å². The van der Waals surface area contributed by atoms with Crippen LogP contribution in [0.4, 0.5) is 0 Å². The predicted octanol–water partition coefficient (Wildman–Crippen LogP) is 3.42. The number of nitrogens with zero attached hydrogens (tertiary/aromatic N) is 3. The molecule has 0 spiro atoms. The van der Waals surface area contributed by atoms with Gasteiger partial charge in [0.25, 0.3) is 0 Å². The third-order valence-corrected chi connectivity index (χ3v) is 4.85. The zero-order valence-electron chi connectivity index (χ0n) is 15.1. The second kappa shape index (κ2) is 9.10. The Balaban J connectivity index is 1.47. The Morgan fingerprint density at radius 3 is 2.65 bits per heavy atom. The van der Waals surface area contributed by atoms with Crippen LogP contribution in [0.1, 0.15) is 17.0 Å². The van der Waals surface area contributed by atoms with Crippen molar-refractivity contribution in [2.45, 2.75) is 19.9 Å². The van der Waals surface area contributed by atoms with Gasteiger partial charge in [-0.2, -0.15) is 0 Å². The molecule has 0 aliphatic rings. The predicted molar refractivity (Wildman–Crippen MR) is 108 cm³/mol. The molecule has 0 fully saturated rings. The Labute approximate surface area is 158 Å². The van der Waals surface area contributed by atoms with E-state index in [9.17, 15) is 0 Å². The van der Waals surface area contributed by atoms with E-state index in [2.05, 4.69) is 57.2 Å². The smallest absolute Gasteiger partial charge is 0.191 e. The van der Waals surface area contributed by atoms with Crippen LogP contribution in [0.25, 0.3) is 10.6 Å². The lowest BCUT2D eigenvalue weighted by Crippen LogP contribution is -2.38. The molecule has 0 atom stereocenters. The molecule has 0 amide bonds. The number of benzene rings is 1. The molecule has 0 aliphatic carbocycles. The summed E-state index contributed by atoms with van der Waals surface area (Å²) in [7, 11) is 1.77. The number of aliphatic imine (C=N–C) groups is 1. The lowest BCUT2D eigenvalue weighted by Gasteiger charge is -2.10. The van der Waals surface area contributed by atoms with Gasteiger partial charge in [-0.1, -0.05) is 35.9 Å². The molecule has 0 radical (unpaired) electrons. The summed E-state index contributed by atoms with van der Waals surface area (Å²) < 4.78 is 0.